The maximum atomic E-state index is 12.6. The Kier molecular flexibility index (Phi) is 7.80. The van der Waals surface area contributed by atoms with Crippen LogP contribution in [0.2, 0.25) is 0 Å². The maximum absolute atomic E-state index is 12.6. The van der Waals surface area contributed by atoms with Crippen LogP contribution in [0.4, 0.5) is 0 Å². The van der Waals surface area contributed by atoms with Crippen LogP contribution in [0.3, 0.4) is 0 Å². The minimum absolute atomic E-state index is 0. The molecule has 0 saturated carbocycles. The fourth-order valence-electron chi connectivity index (χ4n) is 4.02. The number of allylic oxidation sites excluding steroid dienone is 1. The number of thioether (sulfide) groups is 1. The van der Waals surface area contributed by atoms with E-state index in [-0.39, 0.29) is 18.2 Å². The van der Waals surface area contributed by atoms with Crippen LogP contribution in [0.15, 0.2) is 76.9 Å². The van der Waals surface area contributed by atoms with Crippen LogP contribution >= 0.6 is 24.2 Å². The number of ether oxygens (including phenoxy) is 1. The summed E-state index contributed by atoms with van der Waals surface area (Å²) in [6, 6.07) is 21.3. The number of hydrogen-bond donors (Lipinski definition) is 1. The number of halogens is 1. The summed E-state index contributed by atoms with van der Waals surface area (Å²) in [5.41, 5.74) is 3.89. The predicted molar refractivity (Wildman–Crippen MR) is 137 cm³/mol. The Morgan fingerprint density at radius 1 is 1.15 bits per heavy atom. The second kappa shape index (κ2) is 10.6. The van der Waals surface area contributed by atoms with Gasteiger partial charge in [0.25, 0.3) is 0 Å². The normalized spacial score (nSPS) is 15.2. The molecule has 1 atom stereocenters. The Bertz CT molecular complexity index is 1310. The number of hydrogen-bond acceptors (Lipinski definition) is 6. The number of carbonyl (C=O) groups excluding carboxylic acids is 1. The molecule has 1 heterocycles. The number of nitrogens with zero attached hydrogens (tertiary/aromatic N) is 2. The van der Waals surface area contributed by atoms with Gasteiger partial charge in [-0.15, -0.1) is 12.4 Å². The van der Waals surface area contributed by atoms with Crippen molar-refractivity contribution in [2.45, 2.75) is 25.6 Å². The smallest absolute Gasteiger partial charge is 0.162 e. The van der Waals surface area contributed by atoms with Gasteiger partial charge in [0.2, 0.25) is 0 Å². The standard InChI is InChI=1S/C26H23N3O2S.ClH/c1-16-23(17(2)30)25(24-21-11-7-6-8-18(21)12-13-22(24)31-3)29-26(28-16)32-15-20-10-5-4-9-19(20)14-27;/h4-13,25H,15H2,1-3H3,(H,28,29);1H. The molecule has 0 aliphatic carbocycles. The minimum atomic E-state index is -0.483. The highest BCUT2D eigenvalue weighted by Crippen LogP contribution is 2.41. The summed E-state index contributed by atoms with van der Waals surface area (Å²) < 4.78 is 5.70. The number of carbonyl (C=O) groups is 1. The van der Waals surface area contributed by atoms with Gasteiger partial charge in [0.1, 0.15) is 11.8 Å². The van der Waals surface area contributed by atoms with Gasteiger partial charge in [0.05, 0.1) is 18.7 Å². The average molecular weight is 478 g/mol. The Balaban J connectivity index is 0.00000306. The highest BCUT2D eigenvalue weighted by molar-refractivity contribution is 8.13. The molecule has 0 radical (unpaired) electrons. The molecule has 3 aromatic rings. The second-order valence-electron chi connectivity index (χ2n) is 7.52. The number of amidine groups is 1. The van der Waals surface area contributed by atoms with Gasteiger partial charge in [0.15, 0.2) is 11.0 Å². The summed E-state index contributed by atoms with van der Waals surface area (Å²) >= 11 is 1.52. The van der Waals surface area contributed by atoms with E-state index in [2.05, 4.69) is 11.4 Å². The van der Waals surface area contributed by atoms with E-state index in [1.165, 1.54) is 11.8 Å². The van der Waals surface area contributed by atoms with Crippen LogP contribution in [0.1, 0.15) is 36.6 Å². The number of fused-ring (bicyclic) bond motifs is 1. The molecule has 0 aromatic heterocycles. The fraction of sp³-hybridized carbons (Fsp3) is 0.192. The molecule has 0 amide bonds. The van der Waals surface area contributed by atoms with E-state index < -0.39 is 6.04 Å². The number of rotatable bonds is 5. The summed E-state index contributed by atoms with van der Waals surface area (Å²) in [5.74, 6) is 1.26. The molecule has 0 spiro atoms. The zero-order valence-corrected chi connectivity index (χ0v) is 20.2. The van der Waals surface area contributed by atoms with Gasteiger partial charge in [-0.2, -0.15) is 5.26 Å². The Labute approximate surface area is 204 Å². The topological polar surface area (TPSA) is 74.5 Å². The second-order valence-corrected chi connectivity index (χ2v) is 8.48. The van der Waals surface area contributed by atoms with Crippen molar-refractivity contribution in [2.24, 2.45) is 4.99 Å². The monoisotopic (exact) mass is 477 g/mol. The summed E-state index contributed by atoms with van der Waals surface area (Å²) in [7, 11) is 1.64. The summed E-state index contributed by atoms with van der Waals surface area (Å²) in [5, 5.41) is 15.4. The lowest BCUT2D eigenvalue weighted by Gasteiger charge is -2.27. The summed E-state index contributed by atoms with van der Waals surface area (Å²) in [6.45, 7) is 3.47. The number of aliphatic imine (C=N–C) groups is 1. The molecule has 1 aliphatic rings. The Morgan fingerprint density at radius 3 is 2.61 bits per heavy atom. The fourth-order valence-corrected chi connectivity index (χ4v) is 4.97. The molecule has 33 heavy (non-hydrogen) atoms. The first kappa shape index (κ1) is 24.4. The first-order chi connectivity index (χ1) is 15.5. The molecule has 4 rings (SSSR count). The molecule has 168 valence electrons. The van der Waals surface area contributed by atoms with Crippen molar-refractivity contribution in [1.82, 2.24) is 5.32 Å². The molecular formula is C26H24ClN3O2S. The quantitative estimate of drug-likeness (QED) is 0.492. The molecule has 7 heteroatoms. The van der Waals surface area contributed by atoms with Crippen LogP contribution < -0.4 is 10.1 Å². The van der Waals surface area contributed by atoms with Gasteiger partial charge in [-0.1, -0.05) is 60.3 Å². The van der Waals surface area contributed by atoms with Gasteiger partial charge in [-0.3, -0.25) is 4.79 Å². The molecule has 3 aromatic carbocycles. The van der Waals surface area contributed by atoms with E-state index in [4.69, 9.17) is 9.73 Å². The van der Waals surface area contributed by atoms with Gasteiger partial charge in [-0.25, -0.2) is 4.99 Å². The summed E-state index contributed by atoms with van der Waals surface area (Å²) in [6.07, 6.45) is 0. The highest BCUT2D eigenvalue weighted by atomic mass is 35.5. The SMILES string of the molecule is COc1ccc2ccccc2c1C1N=C(SCc2ccccc2C#N)NC(C)=C1C(C)=O.Cl. The van der Waals surface area contributed by atoms with Gasteiger partial charge in [0, 0.05) is 22.6 Å². The van der Waals surface area contributed by atoms with Gasteiger partial charge >= 0.3 is 0 Å². The van der Waals surface area contributed by atoms with E-state index >= 15 is 0 Å². The van der Waals surface area contributed by atoms with Crippen LogP contribution in [-0.4, -0.2) is 18.1 Å². The van der Waals surface area contributed by atoms with E-state index in [0.29, 0.717) is 27.8 Å². The van der Waals surface area contributed by atoms with Gasteiger partial charge < -0.3 is 10.1 Å². The minimum Gasteiger partial charge on any atom is -0.496 e. The van der Waals surface area contributed by atoms with E-state index in [0.717, 1.165) is 27.6 Å². The third-order valence-corrected chi connectivity index (χ3v) is 6.46. The van der Waals surface area contributed by atoms with Crippen molar-refractivity contribution < 1.29 is 9.53 Å². The zero-order valence-electron chi connectivity index (χ0n) is 18.6. The number of Topliss-reactive ketones (excluding diaryl/α,β-unsaturated/α-hetero) is 1. The predicted octanol–water partition coefficient (Wildman–Crippen LogP) is 5.94. The molecule has 5 nitrogen and oxygen atoms in total. The van der Waals surface area contributed by atoms with Crippen molar-refractivity contribution in [3.63, 3.8) is 0 Å². The third-order valence-electron chi connectivity index (χ3n) is 5.52. The molecular weight excluding hydrogens is 454 g/mol. The van der Waals surface area contributed by atoms with E-state index in [1.54, 1.807) is 14.0 Å². The van der Waals surface area contributed by atoms with Crippen LogP contribution in [0.25, 0.3) is 10.8 Å². The summed E-state index contributed by atoms with van der Waals surface area (Å²) in [4.78, 5) is 17.6. The lowest BCUT2D eigenvalue weighted by molar-refractivity contribution is -0.113. The maximum Gasteiger partial charge on any atom is 0.162 e. The Hall–Kier alpha value is -3.27. The number of nitrogens with one attached hydrogen (secondary N) is 1. The molecule has 0 fully saturated rings. The number of benzene rings is 3. The van der Waals surface area contributed by atoms with Crippen molar-refractivity contribution >= 4 is 45.9 Å². The molecule has 1 unspecified atom stereocenters. The molecule has 1 N–H and O–H groups in total. The van der Waals surface area contributed by atoms with Crippen LogP contribution in [0, 0.1) is 11.3 Å². The Morgan fingerprint density at radius 2 is 1.88 bits per heavy atom. The number of methoxy groups -OCH3 is 1. The van der Waals surface area contributed by atoms with Crippen LogP contribution in [-0.2, 0) is 10.5 Å². The molecule has 0 bridgehead atoms. The van der Waals surface area contributed by atoms with E-state index in [1.807, 2.05) is 67.6 Å². The third kappa shape index (κ3) is 4.90. The molecule has 0 saturated heterocycles. The largest absolute Gasteiger partial charge is 0.496 e. The van der Waals surface area contributed by atoms with Crippen molar-refractivity contribution in [3.8, 4) is 11.8 Å². The first-order valence-electron chi connectivity index (χ1n) is 10.3. The van der Waals surface area contributed by atoms with Crippen molar-refractivity contribution in [2.75, 3.05) is 7.11 Å². The average Bonchev–Trinajstić information content (AvgIpc) is 2.81. The number of nitriles is 1. The van der Waals surface area contributed by atoms with Crippen LogP contribution in [0.5, 0.6) is 5.75 Å². The highest BCUT2D eigenvalue weighted by Gasteiger charge is 2.30. The number of ketones is 1. The van der Waals surface area contributed by atoms with Crippen molar-refractivity contribution in [3.05, 3.63) is 88.6 Å². The lowest BCUT2D eigenvalue weighted by Crippen LogP contribution is -2.29. The molecule has 1 aliphatic heterocycles. The van der Waals surface area contributed by atoms with Gasteiger partial charge in [-0.05, 0) is 42.3 Å². The van der Waals surface area contributed by atoms with Crippen molar-refractivity contribution in [1.29, 1.82) is 5.26 Å². The lowest BCUT2D eigenvalue weighted by atomic mass is 9.89. The zero-order chi connectivity index (χ0) is 22.7. The first-order valence-corrected chi connectivity index (χ1v) is 11.2. The van der Waals surface area contributed by atoms with E-state index in [9.17, 15) is 10.1 Å².